The third-order valence-corrected chi connectivity index (χ3v) is 4.22. The summed E-state index contributed by atoms with van der Waals surface area (Å²) in [6.45, 7) is 0.508. The van der Waals surface area contributed by atoms with E-state index in [2.05, 4.69) is 9.97 Å². The summed E-state index contributed by atoms with van der Waals surface area (Å²) < 4.78 is 5.36. The number of carbonyl (C=O) groups is 1. The fraction of sp³-hybridized carbons (Fsp3) is 0.389. The molecule has 6 nitrogen and oxygen atoms in total. The molecular weight excluding hydrogens is 306 g/mol. The Bertz CT molecular complexity index is 651. The number of aromatic nitrogens is 2. The van der Waals surface area contributed by atoms with Crippen molar-refractivity contribution in [3.63, 3.8) is 0 Å². The minimum absolute atomic E-state index is 0.123. The number of benzene rings is 1. The van der Waals surface area contributed by atoms with E-state index in [1.807, 2.05) is 30.3 Å². The molecule has 1 aliphatic heterocycles. The summed E-state index contributed by atoms with van der Waals surface area (Å²) in [5.74, 6) is -0.151. The monoisotopic (exact) mass is 327 g/mol. The first-order valence-corrected chi connectivity index (χ1v) is 8.15. The largest absolute Gasteiger partial charge is 0.453 e. The van der Waals surface area contributed by atoms with Crippen LogP contribution in [0, 0.1) is 0 Å². The highest BCUT2D eigenvalue weighted by Gasteiger charge is 2.33. The van der Waals surface area contributed by atoms with Crippen LogP contribution in [0.1, 0.15) is 18.4 Å². The second-order valence-electron chi connectivity index (χ2n) is 5.87. The van der Waals surface area contributed by atoms with Crippen molar-refractivity contribution in [2.75, 3.05) is 13.2 Å². The number of aliphatic hydroxyl groups excluding tert-OH is 1. The van der Waals surface area contributed by atoms with Crippen molar-refractivity contribution in [2.45, 2.75) is 31.4 Å². The molecule has 1 aromatic heterocycles. The Morgan fingerprint density at radius 1 is 1.21 bits per heavy atom. The zero-order chi connectivity index (χ0) is 16.8. The van der Waals surface area contributed by atoms with Gasteiger partial charge in [0.25, 0.3) is 5.91 Å². The van der Waals surface area contributed by atoms with Crippen LogP contribution in [0.25, 0.3) is 0 Å². The highest BCUT2D eigenvalue weighted by molar-refractivity contribution is 5.78. The standard InChI is InChI=1S/C18H21N3O3/c22-16-8-4-11-21(15(16)12-14-6-2-1-3-7-14)17(23)13-24-18-19-9-5-10-20-18/h1-3,5-7,9-10,15-16,22H,4,8,11-13H2/t15-,16-/m0/s1. The number of amides is 1. The number of piperidine rings is 1. The van der Waals surface area contributed by atoms with Gasteiger partial charge in [0.2, 0.25) is 0 Å². The molecule has 2 aromatic rings. The lowest BCUT2D eigenvalue weighted by atomic mass is 9.93. The highest BCUT2D eigenvalue weighted by atomic mass is 16.5. The molecule has 0 unspecified atom stereocenters. The lowest BCUT2D eigenvalue weighted by Gasteiger charge is -2.39. The molecule has 1 aromatic carbocycles. The van der Waals surface area contributed by atoms with Crippen LogP contribution in [0.4, 0.5) is 0 Å². The summed E-state index contributed by atoms with van der Waals surface area (Å²) in [4.78, 5) is 22.2. The van der Waals surface area contributed by atoms with Crippen LogP contribution in [-0.4, -0.2) is 51.2 Å². The molecule has 0 aliphatic carbocycles. The maximum absolute atomic E-state index is 12.6. The zero-order valence-electron chi connectivity index (χ0n) is 13.4. The molecular formula is C18H21N3O3. The Balaban J connectivity index is 1.65. The topological polar surface area (TPSA) is 75.5 Å². The van der Waals surface area contributed by atoms with Gasteiger partial charge in [-0.1, -0.05) is 30.3 Å². The van der Waals surface area contributed by atoms with Crippen molar-refractivity contribution >= 4 is 5.91 Å². The van der Waals surface area contributed by atoms with Gasteiger partial charge in [-0.2, -0.15) is 0 Å². The van der Waals surface area contributed by atoms with E-state index in [1.165, 1.54) is 0 Å². The van der Waals surface area contributed by atoms with Gasteiger partial charge in [0, 0.05) is 18.9 Å². The van der Waals surface area contributed by atoms with E-state index in [0.29, 0.717) is 19.4 Å². The number of aliphatic hydroxyl groups is 1. The van der Waals surface area contributed by atoms with Crippen molar-refractivity contribution in [1.82, 2.24) is 14.9 Å². The number of likely N-dealkylation sites (tertiary alicyclic amines) is 1. The number of hydrogen-bond donors (Lipinski definition) is 1. The fourth-order valence-corrected chi connectivity index (χ4v) is 3.02. The first-order valence-electron chi connectivity index (χ1n) is 8.15. The second-order valence-corrected chi connectivity index (χ2v) is 5.87. The van der Waals surface area contributed by atoms with E-state index in [9.17, 15) is 9.90 Å². The van der Waals surface area contributed by atoms with Crippen molar-refractivity contribution in [3.05, 3.63) is 54.4 Å². The Morgan fingerprint density at radius 2 is 1.96 bits per heavy atom. The van der Waals surface area contributed by atoms with E-state index < -0.39 is 6.10 Å². The predicted octanol–water partition coefficient (Wildman–Crippen LogP) is 1.45. The molecule has 0 saturated carbocycles. The van der Waals surface area contributed by atoms with E-state index in [0.717, 1.165) is 12.0 Å². The molecule has 126 valence electrons. The van der Waals surface area contributed by atoms with Crippen LogP contribution in [0.15, 0.2) is 48.8 Å². The third kappa shape index (κ3) is 4.08. The minimum atomic E-state index is -0.518. The van der Waals surface area contributed by atoms with Gasteiger partial charge in [0.15, 0.2) is 6.61 Å². The molecule has 3 rings (SSSR count). The Kier molecular flexibility index (Phi) is 5.38. The summed E-state index contributed by atoms with van der Waals surface area (Å²) >= 11 is 0. The average Bonchev–Trinajstić information content (AvgIpc) is 2.63. The summed E-state index contributed by atoms with van der Waals surface area (Å²) in [7, 11) is 0. The number of nitrogens with zero attached hydrogens (tertiary/aromatic N) is 3. The van der Waals surface area contributed by atoms with Gasteiger partial charge in [-0.3, -0.25) is 4.79 Å². The number of carbonyl (C=O) groups excluding carboxylic acids is 1. The Hall–Kier alpha value is -2.47. The van der Waals surface area contributed by atoms with Gasteiger partial charge in [0.1, 0.15) is 0 Å². The van der Waals surface area contributed by atoms with Crippen molar-refractivity contribution in [3.8, 4) is 6.01 Å². The molecule has 24 heavy (non-hydrogen) atoms. The minimum Gasteiger partial charge on any atom is -0.453 e. The molecule has 2 atom stereocenters. The van der Waals surface area contributed by atoms with Gasteiger partial charge in [-0.05, 0) is 30.9 Å². The average molecular weight is 327 g/mol. The summed E-state index contributed by atoms with van der Waals surface area (Å²) in [5.41, 5.74) is 1.11. The third-order valence-electron chi connectivity index (χ3n) is 4.22. The van der Waals surface area contributed by atoms with Gasteiger partial charge in [0.05, 0.1) is 12.1 Å². The second kappa shape index (κ2) is 7.88. The van der Waals surface area contributed by atoms with E-state index in [4.69, 9.17) is 4.74 Å². The molecule has 0 spiro atoms. The van der Waals surface area contributed by atoms with Gasteiger partial charge < -0.3 is 14.7 Å². The van der Waals surface area contributed by atoms with Crippen molar-refractivity contribution in [1.29, 1.82) is 0 Å². The van der Waals surface area contributed by atoms with Crippen LogP contribution in [0.2, 0.25) is 0 Å². The number of hydrogen-bond acceptors (Lipinski definition) is 5. The molecule has 6 heteroatoms. The lowest BCUT2D eigenvalue weighted by Crippen LogP contribution is -2.53. The first kappa shape index (κ1) is 16.4. The SMILES string of the molecule is O=C(COc1ncccn1)N1CCC[C@H](O)[C@@H]1Cc1ccccc1. The highest BCUT2D eigenvalue weighted by Crippen LogP contribution is 2.21. The van der Waals surface area contributed by atoms with Gasteiger partial charge in [-0.25, -0.2) is 9.97 Å². The van der Waals surface area contributed by atoms with E-state index in [1.54, 1.807) is 23.4 Å². The maximum atomic E-state index is 12.6. The summed E-state index contributed by atoms with van der Waals surface area (Å²) in [6, 6.07) is 11.6. The van der Waals surface area contributed by atoms with E-state index >= 15 is 0 Å². The zero-order valence-corrected chi connectivity index (χ0v) is 13.4. The Labute approximate surface area is 141 Å². The predicted molar refractivity (Wildman–Crippen MR) is 88.4 cm³/mol. The van der Waals surface area contributed by atoms with Crippen LogP contribution in [0.3, 0.4) is 0 Å². The quantitative estimate of drug-likeness (QED) is 0.899. The van der Waals surface area contributed by atoms with Crippen LogP contribution in [-0.2, 0) is 11.2 Å². The molecule has 2 heterocycles. The van der Waals surface area contributed by atoms with E-state index in [-0.39, 0.29) is 24.6 Å². The smallest absolute Gasteiger partial charge is 0.316 e. The Morgan fingerprint density at radius 3 is 2.71 bits per heavy atom. The first-order chi connectivity index (χ1) is 11.7. The molecule has 1 saturated heterocycles. The van der Waals surface area contributed by atoms with Crippen molar-refractivity contribution in [2.24, 2.45) is 0 Å². The van der Waals surface area contributed by atoms with Gasteiger partial charge >= 0.3 is 6.01 Å². The van der Waals surface area contributed by atoms with Crippen LogP contribution in [0.5, 0.6) is 6.01 Å². The van der Waals surface area contributed by atoms with Crippen LogP contribution < -0.4 is 4.74 Å². The molecule has 0 radical (unpaired) electrons. The molecule has 1 aliphatic rings. The molecule has 1 amide bonds. The normalized spacial score (nSPS) is 20.6. The number of rotatable bonds is 5. The molecule has 0 bridgehead atoms. The lowest BCUT2D eigenvalue weighted by molar-refractivity contribution is -0.141. The van der Waals surface area contributed by atoms with Gasteiger partial charge in [-0.15, -0.1) is 0 Å². The van der Waals surface area contributed by atoms with Crippen LogP contribution >= 0.6 is 0 Å². The molecule has 1 fully saturated rings. The fourth-order valence-electron chi connectivity index (χ4n) is 3.02. The maximum Gasteiger partial charge on any atom is 0.316 e. The molecule has 1 N–H and O–H groups in total. The summed E-state index contributed by atoms with van der Waals surface area (Å²) in [6.07, 6.45) is 4.75. The number of ether oxygens (including phenoxy) is 1. The summed E-state index contributed by atoms with van der Waals surface area (Å²) in [5, 5.41) is 10.4. The van der Waals surface area contributed by atoms with Crippen molar-refractivity contribution < 1.29 is 14.6 Å².